The number of aromatic hydroxyl groups is 1. The van der Waals surface area contributed by atoms with Gasteiger partial charge in [-0.2, -0.15) is 0 Å². The molecule has 1 rings (SSSR count). The van der Waals surface area contributed by atoms with Crippen LogP contribution < -0.4 is 4.74 Å². The predicted molar refractivity (Wildman–Crippen MR) is 77.5 cm³/mol. The number of benzene rings is 1. The Morgan fingerprint density at radius 1 is 1.50 bits per heavy atom. The second-order valence-corrected chi connectivity index (χ2v) is 5.11. The van der Waals surface area contributed by atoms with Crippen LogP contribution in [0.1, 0.15) is 25.8 Å². The number of ether oxygens (including phenoxy) is 1. The summed E-state index contributed by atoms with van der Waals surface area (Å²) in [5.41, 5.74) is 0.552. The standard InChI is InChI=1S/C14H20ClNO4/c1-4-9(2)16(8-13(17)18)7-10-5-11(15)6-12(20-3)14(10)19/h5-6,9,19H,4,7-8H2,1-3H3,(H,17,18). The summed E-state index contributed by atoms with van der Waals surface area (Å²) in [6.45, 7) is 4.13. The number of nitrogens with zero attached hydrogens (tertiary/aromatic N) is 1. The van der Waals surface area contributed by atoms with E-state index in [-0.39, 0.29) is 24.1 Å². The molecule has 1 aromatic rings. The highest BCUT2D eigenvalue weighted by atomic mass is 35.5. The molecule has 0 aliphatic rings. The Hall–Kier alpha value is -1.46. The number of methoxy groups -OCH3 is 1. The van der Waals surface area contributed by atoms with E-state index in [1.165, 1.54) is 13.2 Å². The van der Waals surface area contributed by atoms with Crippen molar-refractivity contribution >= 4 is 17.6 Å². The van der Waals surface area contributed by atoms with Gasteiger partial charge >= 0.3 is 5.97 Å². The van der Waals surface area contributed by atoms with E-state index in [0.29, 0.717) is 17.1 Å². The topological polar surface area (TPSA) is 70.0 Å². The van der Waals surface area contributed by atoms with E-state index in [9.17, 15) is 9.90 Å². The highest BCUT2D eigenvalue weighted by Crippen LogP contribution is 2.34. The van der Waals surface area contributed by atoms with Gasteiger partial charge in [-0.3, -0.25) is 9.69 Å². The van der Waals surface area contributed by atoms with Crippen LogP contribution in [0, 0.1) is 0 Å². The van der Waals surface area contributed by atoms with Crippen molar-refractivity contribution in [3.8, 4) is 11.5 Å². The summed E-state index contributed by atoms with van der Waals surface area (Å²) >= 11 is 5.98. The van der Waals surface area contributed by atoms with Gasteiger partial charge in [0.2, 0.25) is 0 Å². The fraction of sp³-hybridized carbons (Fsp3) is 0.500. The molecule has 0 fully saturated rings. The van der Waals surface area contributed by atoms with Crippen LogP contribution in [-0.2, 0) is 11.3 Å². The third-order valence-corrected chi connectivity index (χ3v) is 3.48. The molecule has 20 heavy (non-hydrogen) atoms. The molecule has 1 atom stereocenters. The monoisotopic (exact) mass is 301 g/mol. The van der Waals surface area contributed by atoms with E-state index in [0.717, 1.165) is 6.42 Å². The lowest BCUT2D eigenvalue weighted by atomic mass is 10.1. The molecular weight excluding hydrogens is 282 g/mol. The Morgan fingerprint density at radius 3 is 2.65 bits per heavy atom. The molecule has 5 nitrogen and oxygen atoms in total. The Bertz CT molecular complexity index is 478. The first-order valence-corrected chi connectivity index (χ1v) is 6.78. The molecule has 0 spiro atoms. The molecule has 0 bridgehead atoms. The molecule has 0 saturated heterocycles. The molecule has 0 radical (unpaired) electrons. The number of aliphatic carboxylic acids is 1. The normalized spacial score (nSPS) is 12.4. The highest BCUT2D eigenvalue weighted by Gasteiger charge is 2.19. The average Bonchev–Trinajstić information content (AvgIpc) is 2.40. The van der Waals surface area contributed by atoms with Gasteiger partial charge in [-0.25, -0.2) is 0 Å². The van der Waals surface area contributed by atoms with Crippen LogP contribution in [0.15, 0.2) is 12.1 Å². The van der Waals surface area contributed by atoms with Crippen LogP contribution in [0.4, 0.5) is 0 Å². The third-order valence-electron chi connectivity index (χ3n) is 3.26. The van der Waals surface area contributed by atoms with Crippen LogP contribution in [0.25, 0.3) is 0 Å². The minimum Gasteiger partial charge on any atom is -0.504 e. The third kappa shape index (κ3) is 4.28. The number of carboxylic acids is 1. The molecule has 0 aromatic heterocycles. The zero-order valence-corrected chi connectivity index (χ0v) is 12.6. The molecule has 1 aromatic carbocycles. The van der Waals surface area contributed by atoms with Crippen LogP contribution in [0.3, 0.4) is 0 Å². The number of carboxylic acid groups (broad SMARTS) is 1. The molecule has 6 heteroatoms. The molecule has 0 aliphatic carbocycles. The Labute approximate surface area is 123 Å². The van der Waals surface area contributed by atoms with Crippen molar-refractivity contribution in [1.29, 1.82) is 0 Å². The summed E-state index contributed by atoms with van der Waals surface area (Å²) in [4.78, 5) is 12.7. The second kappa shape index (κ2) is 7.36. The molecule has 0 saturated carbocycles. The summed E-state index contributed by atoms with van der Waals surface area (Å²) in [5.74, 6) is -0.624. The van der Waals surface area contributed by atoms with Gasteiger partial charge in [0.25, 0.3) is 0 Å². The molecular formula is C14H20ClNO4. The lowest BCUT2D eigenvalue weighted by Gasteiger charge is -2.27. The number of halogens is 1. The maximum Gasteiger partial charge on any atom is 0.317 e. The number of carbonyl (C=O) groups is 1. The SMILES string of the molecule is CCC(C)N(CC(=O)O)Cc1cc(Cl)cc(OC)c1O. The Balaban J connectivity index is 3.04. The van der Waals surface area contributed by atoms with Crippen molar-refractivity contribution in [2.45, 2.75) is 32.9 Å². The fourth-order valence-electron chi connectivity index (χ4n) is 1.92. The lowest BCUT2D eigenvalue weighted by Crippen LogP contribution is -2.36. The van der Waals surface area contributed by atoms with Crippen LogP contribution >= 0.6 is 11.6 Å². The van der Waals surface area contributed by atoms with E-state index < -0.39 is 5.97 Å². The smallest absolute Gasteiger partial charge is 0.317 e. The Kier molecular flexibility index (Phi) is 6.10. The highest BCUT2D eigenvalue weighted by molar-refractivity contribution is 6.30. The lowest BCUT2D eigenvalue weighted by molar-refractivity contribution is -0.139. The number of rotatable bonds is 7. The summed E-state index contributed by atoms with van der Waals surface area (Å²) in [5, 5.41) is 19.5. The molecule has 0 aliphatic heterocycles. The van der Waals surface area contributed by atoms with Gasteiger partial charge in [-0.15, -0.1) is 0 Å². The average molecular weight is 302 g/mol. The van der Waals surface area contributed by atoms with Gasteiger partial charge in [-0.1, -0.05) is 18.5 Å². The number of phenols is 1. The van der Waals surface area contributed by atoms with Crippen molar-refractivity contribution in [3.05, 3.63) is 22.7 Å². The van der Waals surface area contributed by atoms with Crippen molar-refractivity contribution in [2.75, 3.05) is 13.7 Å². The predicted octanol–water partition coefficient (Wildman–Crippen LogP) is 2.74. The fourth-order valence-corrected chi connectivity index (χ4v) is 2.15. The molecule has 2 N–H and O–H groups in total. The van der Waals surface area contributed by atoms with Crippen molar-refractivity contribution in [1.82, 2.24) is 4.90 Å². The van der Waals surface area contributed by atoms with Crippen LogP contribution in [-0.4, -0.2) is 40.8 Å². The van der Waals surface area contributed by atoms with Crippen LogP contribution in [0.2, 0.25) is 5.02 Å². The van der Waals surface area contributed by atoms with Crippen LogP contribution in [0.5, 0.6) is 11.5 Å². The van der Waals surface area contributed by atoms with Gasteiger partial charge in [0.1, 0.15) is 0 Å². The summed E-state index contributed by atoms with van der Waals surface area (Å²) in [6, 6.07) is 3.22. The first kappa shape index (κ1) is 16.6. The minimum atomic E-state index is -0.904. The molecule has 0 amide bonds. The zero-order chi connectivity index (χ0) is 15.3. The Morgan fingerprint density at radius 2 is 2.15 bits per heavy atom. The van der Waals surface area contributed by atoms with Crippen molar-refractivity contribution in [3.63, 3.8) is 0 Å². The van der Waals surface area contributed by atoms with Gasteiger partial charge in [0.15, 0.2) is 11.5 Å². The zero-order valence-electron chi connectivity index (χ0n) is 11.9. The first-order valence-electron chi connectivity index (χ1n) is 6.40. The summed E-state index contributed by atoms with van der Waals surface area (Å²) in [7, 11) is 1.44. The van der Waals surface area contributed by atoms with Gasteiger partial charge in [0.05, 0.1) is 13.7 Å². The largest absolute Gasteiger partial charge is 0.504 e. The first-order chi connectivity index (χ1) is 9.38. The summed E-state index contributed by atoms with van der Waals surface area (Å²) in [6.07, 6.45) is 0.811. The molecule has 112 valence electrons. The quantitative estimate of drug-likeness (QED) is 0.810. The van der Waals surface area contributed by atoms with Gasteiger partial charge < -0.3 is 14.9 Å². The van der Waals surface area contributed by atoms with Crippen molar-refractivity contribution < 1.29 is 19.7 Å². The number of hydrogen-bond acceptors (Lipinski definition) is 4. The van der Waals surface area contributed by atoms with E-state index in [1.54, 1.807) is 11.0 Å². The van der Waals surface area contributed by atoms with E-state index >= 15 is 0 Å². The number of phenolic OH excluding ortho intramolecular Hbond substituents is 1. The minimum absolute atomic E-state index is 0.00408. The van der Waals surface area contributed by atoms with E-state index in [2.05, 4.69) is 0 Å². The van der Waals surface area contributed by atoms with E-state index in [4.69, 9.17) is 21.4 Å². The maximum atomic E-state index is 10.9. The number of hydrogen-bond donors (Lipinski definition) is 2. The maximum absolute atomic E-state index is 10.9. The van der Waals surface area contributed by atoms with Crippen molar-refractivity contribution in [2.24, 2.45) is 0 Å². The van der Waals surface area contributed by atoms with E-state index in [1.807, 2.05) is 13.8 Å². The molecule has 0 heterocycles. The van der Waals surface area contributed by atoms with Gasteiger partial charge in [-0.05, 0) is 19.4 Å². The second-order valence-electron chi connectivity index (χ2n) is 4.67. The van der Waals surface area contributed by atoms with Gasteiger partial charge in [0, 0.05) is 29.2 Å². The molecule has 1 unspecified atom stereocenters. The summed E-state index contributed by atoms with van der Waals surface area (Å²) < 4.78 is 5.05.